The number of aryl methyl sites for hydroxylation is 1. The van der Waals surface area contributed by atoms with Gasteiger partial charge >= 0.3 is 0 Å². The molecule has 3 nitrogen and oxygen atoms in total. The van der Waals surface area contributed by atoms with Gasteiger partial charge in [0, 0.05) is 30.6 Å². The minimum Gasteiger partial charge on any atom is -0.370 e. The summed E-state index contributed by atoms with van der Waals surface area (Å²) in [6.07, 6.45) is 2.54. The van der Waals surface area contributed by atoms with E-state index in [-0.39, 0.29) is 18.2 Å². The average Bonchev–Trinajstić information content (AvgIpc) is 2.40. The van der Waals surface area contributed by atoms with Gasteiger partial charge in [-0.3, -0.25) is 9.79 Å². The number of benzene rings is 1. The lowest BCUT2D eigenvalue weighted by atomic mass is 9.97. The van der Waals surface area contributed by atoms with Crippen molar-refractivity contribution in [3.63, 3.8) is 0 Å². The third-order valence-electron chi connectivity index (χ3n) is 3.10. The molecule has 0 aromatic heterocycles. The summed E-state index contributed by atoms with van der Waals surface area (Å²) in [4.78, 5) is 16.6. The number of nitrogens with one attached hydrogen (secondary N) is 1. The van der Waals surface area contributed by atoms with Crippen LogP contribution in [-0.2, 0) is 0 Å². The zero-order valence-corrected chi connectivity index (χ0v) is 12.3. The Bertz CT molecular complexity index is 483. The predicted octanol–water partition coefficient (Wildman–Crippen LogP) is 3.14. The topological polar surface area (TPSA) is 41.5 Å². The van der Waals surface area contributed by atoms with Gasteiger partial charge in [-0.05, 0) is 25.8 Å². The molecular formula is C15H21ClN2O. The maximum atomic E-state index is 12.1. The van der Waals surface area contributed by atoms with E-state index in [2.05, 4.69) is 16.4 Å². The fourth-order valence-corrected chi connectivity index (χ4v) is 2.17. The minimum atomic E-state index is 0. The van der Waals surface area contributed by atoms with Gasteiger partial charge in [-0.2, -0.15) is 0 Å². The second-order valence-electron chi connectivity index (χ2n) is 4.73. The molecule has 0 amide bonds. The van der Waals surface area contributed by atoms with Gasteiger partial charge in [-0.1, -0.05) is 24.6 Å². The van der Waals surface area contributed by atoms with Crippen LogP contribution in [-0.4, -0.2) is 24.7 Å². The van der Waals surface area contributed by atoms with E-state index in [0.717, 1.165) is 48.5 Å². The summed E-state index contributed by atoms with van der Waals surface area (Å²) >= 11 is 0. The number of rotatable bonds is 4. The zero-order valence-electron chi connectivity index (χ0n) is 11.5. The number of halogens is 1. The average molecular weight is 281 g/mol. The van der Waals surface area contributed by atoms with E-state index >= 15 is 0 Å². The maximum absolute atomic E-state index is 12.1. The quantitative estimate of drug-likeness (QED) is 0.861. The van der Waals surface area contributed by atoms with Gasteiger partial charge in [0.1, 0.15) is 5.84 Å². The predicted molar refractivity (Wildman–Crippen MR) is 81.7 cm³/mol. The fourth-order valence-electron chi connectivity index (χ4n) is 2.17. The van der Waals surface area contributed by atoms with Crippen molar-refractivity contribution in [2.75, 3.05) is 13.1 Å². The molecule has 104 valence electrons. The first-order valence-corrected chi connectivity index (χ1v) is 6.65. The Balaban J connectivity index is 0.00000180. The Morgan fingerprint density at radius 2 is 2.21 bits per heavy atom. The lowest BCUT2D eigenvalue weighted by Crippen LogP contribution is -2.31. The highest BCUT2D eigenvalue weighted by Gasteiger charge is 2.16. The van der Waals surface area contributed by atoms with Gasteiger partial charge in [-0.15, -0.1) is 12.4 Å². The highest BCUT2D eigenvalue weighted by molar-refractivity contribution is 6.10. The maximum Gasteiger partial charge on any atom is 0.163 e. The van der Waals surface area contributed by atoms with E-state index < -0.39 is 0 Å². The molecule has 1 aliphatic rings. The summed E-state index contributed by atoms with van der Waals surface area (Å²) < 4.78 is 0. The van der Waals surface area contributed by atoms with Crippen LogP contribution in [0.2, 0.25) is 0 Å². The molecule has 19 heavy (non-hydrogen) atoms. The normalized spacial score (nSPS) is 14.1. The molecule has 1 N–H and O–H groups in total. The number of Topliss-reactive ketones (excluding diaryl/α,β-unsaturated/α-hetero) is 1. The van der Waals surface area contributed by atoms with Gasteiger partial charge in [0.15, 0.2) is 5.78 Å². The summed E-state index contributed by atoms with van der Waals surface area (Å²) in [6.45, 7) is 5.86. The van der Waals surface area contributed by atoms with E-state index in [4.69, 9.17) is 0 Å². The second kappa shape index (κ2) is 7.29. The molecule has 0 radical (unpaired) electrons. The monoisotopic (exact) mass is 280 g/mol. The number of carbonyl (C=O) groups excluding carboxylic acids is 1. The number of carbonyl (C=O) groups is 1. The first-order chi connectivity index (χ1) is 8.72. The van der Waals surface area contributed by atoms with Gasteiger partial charge in [0.05, 0.1) is 0 Å². The Kier molecular flexibility index (Phi) is 6.03. The Hall–Kier alpha value is -1.35. The Morgan fingerprint density at radius 3 is 2.84 bits per heavy atom. The molecule has 0 atom stereocenters. The van der Waals surface area contributed by atoms with E-state index in [1.165, 1.54) is 0 Å². The molecule has 0 fully saturated rings. The third kappa shape index (κ3) is 3.80. The number of nitrogens with zero attached hydrogens (tertiary/aromatic N) is 1. The van der Waals surface area contributed by atoms with Crippen LogP contribution >= 0.6 is 12.4 Å². The molecule has 0 saturated carbocycles. The number of amidine groups is 1. The van der Waals surface area contributed by atoms with Crippen molar-refractivity contribution in [2.24, 2.45) is 4.99 Å². The van der Waals surface area contributed by atoms with E-state index in [1.807, 2.05) is 26.0 Å². The molecule has 4 heteroatoms. The second-order valence-corrected chi connectivity index (χ2v) is 4.73. The number of hydrogen-bond donors (Lipinski definition) is 1. The largest absolute Gasteiger partial charge is 0.370 e. The summed E-state index contributed by atoms with van der Waals surface area (Å²) in [6, 6.07) is 5.98. The van der Waals surface area contributed by atoms with Gasteiger partial charge in [0.2, 0.25) is 0 Å². The molecular weight excluding hydrogens is 260 g/mol. The first kappa shape index (κ1) is 15.7. The molecule has 1 aromatic rings. The van der Waals surface area contributed by atoms with Crippen LogP contribution in [0.3, 0.4) is 0 Å². The van der Waals surface area contributed by atoms with Crippen molar-refractivity contribution in [1.82, 2.24) is 5.32 Å². The highest BCUT2D eigenvalue weighted by atomic mass is 35.5. The zero-order chi connectivity index (χ0) is 13.0. The molecule has 1 heterocycles. The molecule has 0 bridgehead atoms. The minimum absolute atomic E-state index is 0. The van der Waals surface area contributed by atoms with Crippen LogP contribution in [0.15, 0.2) is 23.2 Å². The molecule has 1 aromatic carbocycles. The van der Waals surface area contributed by atoms with E-state index in [1.54, 1.807) is 0 Å². The van der Waals surface area contributed by atoms with Crippen LogP contribution in [0.25, 0.3) is 0 Å². The van der Waals surface area contributed by atoms with E-state index in [9.17, 15) is 4.79 Å². The van der Waals surface area contributed by atoms with Crippen molar-refractivity contribution < 1.29 is 4.79 Å². The van der Waals surface area contributed by atoms with Gasteiger partial charge < -0.3 is 5.32 Å². The highest BCUT2D eigenvalue weighted by Crippen LogP contribution is 2.16. The Morgan fingerprint density at radius 1 is 1.42 bits per heavy atom. The van der Waals surface area contributed by atoms with Crippen molar-refractivity contribution in [2.45, 2.75) is 33.1 Å². The number of hydrogen-bond acceptors (Lipinski definition) is 3. The summed E-state index contributed by atoms with van der Waals surface area (Å²) in [5.74, 6) is 1.09. The number of ketones is 1. The Labute approximate surface area is 120 Å². The van der Waals surface area contributed by atoms with Gasteiger partial charge in [0.25, 0.3) is 0 Å². The molecule has 0 spiro atoms. The fraction of sp³-hybridized carbons (Fsp3) is 0.467. The number of aliphatic imine (C=N–C) groups is 1. The third-order valence-corrected chi connectivity index (χ3v) is 3.10. The van der Waals surface area contributed by atoms with Crippen molar-refractivity contribution in [3.05, 3.63) is 34.9 Å². The lowest BCUT2D eigenvalue weighted by Gasteiger charge is -2.17. The van der Waals surface area contributed by atoms with Crippen molar-refractivity contribution in [3.8, 4) is 0 Å². The SMILES string of the molecule is CCCC(=O)c1ccc(C)cc1C1=NCCCN1.Cl. The van der Waals surface area contributed by atoms with Crippen molar-refractivity contribution >= 4 is 24.0 Å². The van der Waals surface area contributed by atoms with Crippen LogP contribution < -0.4 is 5.32 Å². The smallest absolute Gasteiger partial charge is 0.163 e. The van der Waals surface area contributed by atoms with Crippen LogP contribution in [0, 0.1) is 6.92 Å². The van der Waals surface area contributed by atoms with E-state index in [0.29, 0.717) is 6.42 Å². The lowest BCUT2D eigenvalue weighted by molar-refractivity contribution is 0.0981. The summed E-state index contributed by atoms with van der Waals surface area (Å²) in [7, 11) is 0. The standard InChI is InChI=1S/C15H20N2O.ClH/c1-3-5-14(18)12-7-6-11(2)10-13(12)15-16-8-4-9-17-15;/h6-7,10H,3-5,8-9H2,1-2H3,(H,16,17);1H. The molecule has 2 rings (SSSR count). The van der Waals surface area contributed by atoms with Crippen LogP contribution in [0.4, 0.5) is 0 Å². The van der Waals surface area contributed by atoms with Crippen molar-refractivity contribution in [1.29, 1.82) is 0 Å². The molecule has 0 unspecified atom stereocenters. The van der Waals surface area contributed by atoms with Crippen LogP contribution in [0.1, 0.15) is 47.7 Å². The summed E-state index contributed by atoms with van der Waals surface area (Å²) in [5, 5.41) is 3.30. The van der Waals surface area contributed by atoms with Crippen LogP contribution in [0.5, 0.6) is 0 Å². The first-order valence-electron chi connectivity index (χ1n) is 6.65. The molecule has 1 aliphatic heterocycles. The molecule has 0 aliphatic carbocycles. The molecule has 0 saturated heterocycles. The summed E-state index contributed by atoms with van der Waals surface area (Å²) in [5.41, 5.74) is 2.93. The van der Waals surface area contributed by atoms with Gasteiger partial charge in [-0.25, -0.2) is 0 Å².